The van der Waals surface area contributed by atoms with E-state index < -0.39 is 0 Å². The molecule has 0 atom stereocenters. The van der Waals surface area contributed by atoms with Gasteiger partial charge in [-0.2, -0.15) is 0 Å². The van der Waals surface area contributed by atoms with E-state index in [0.717, 1.165) is 16.6 Å². The summed E-state index contributed by atoms with van der Waals surface area (Å²) in [5.41, 5.74) is 2.23. The van der Waals surface area contributed by atoms with Crippen molar-refractivity contribution in [2.24, 2.45) is 0 Å². The van der Waals surface area contributed by atoms with Gasteiger partial charge >= 0.3 is 0 Å². The third kappa shape index (κ3) is 4.43. The Labute approximate surface area is 187 Å². The molecule has 8 heteroatoms. The van der Waals surface area contributed by atoms with Crippen LogP contribution in [0, 0.1) is 0 Å². The van der Waals surface area contributed by atoms with Crippen molar-refractivity contribution in [2.45, 2.75) is 0 Å². The Balaban J connectivity index is 1.43. The monoisotopic (exact) mass is 453 g/mol. The lowest BCUT2D eigenvalue weighted by Gasteiger charge is -2.09. The highest BCUT2D eigenvalue weighted by Crippen LogP contribution is 2.28. The first-order chi connectivity index (χ1) is 14.5. The van der Waals surface area contributed by atoms with E-state index in [4.69, 9.17) is 28.6 Å². The third-order valence-corrected chi connectivity index (χ3v) is 5.67. The molecule has 1 aromatic heterocycles. The van der Waals surface area contributed by atoms with Gasteiger partial charge in [-0.05, 0) is 47.3 Å². The van der Waals surface area contributed by atoms with Crippen molar-refractivity contribution in [1.29, 1.82) is 0 Å². The zero-order chi connectivity index (χ0) is 21.1. The van der Waals surface area contributed by atoms with Crippen LogP contribution in [0.5, 0.6) is 5.75 Å². The van der Waals surface area contributed by atoms with Crippen LogP contribution in [0.4, 0.5) is 5.13 Å². The van der Waals surface area contributed by atoms with Crippen molar-refractivity contribution in [3.8, 4) is 17.0 Å². The Morgan fingerprint density at radius 1 is 1.10 bits per heavy atom. The SMILES string of the molecule is COc1ccc(C(=O)NC(=S)Nc2nc(-c3ccc4ccccc4c3)cs2)cc1Cl. The summed E-state index contributed by atoms with van der Waals surface area (Å²) < 4.78 is 5.09. The Morgan fingerprint density at radius 3 is 2.67 bits per heavy atom. The normalized spacial score (nSPS) is 10.6. The summed E-state index contributed by atoms with van der Waals surface area (Å²) in [5, 5.41) is 11.0. The summed E-state index contributed by atoms with van der Waals surface area (Å²) in [6, 6.07) is 19.1. The number of amides is 1. The van der Waals surface area contributed by atoms with Crippen molar-refractivity contribution in [2.75, 3.05) is 12.4 Å². The molecule has 0 bridgehead atoms. The van der Waals surface area contributed by atoms with Crippen LogP contribution in [0.2, 0.25) is 5.02 Å². The molecule has 0 saturated heterocycles. The average molecular weight is 454 g/mol. The molecule has 150 valence electrons. The maximum atomic E-state index is 12.4. The molecule has 0 saturated carbocycles. The van der Waals surface area contributed by atoms with Gasteiger partial charge in [0.05, 0.1) is 17.8 Å². The van der Waals surface area contributed by atoms with Crippen LogP contribution >= 0.6 is 35.2 Å². The fourth-order valence-corrected chi connectivity index (χ4v) is 4.16. The highest BCUT2D eigenvalue weighted by molar-refractivity contribution is 7.80. The van der Waals surface area contributed by atoms with E-state index in [1.807, 2.05) is 23.6 Å². The van der Waals surface area contributed by atoms with Gasteiger partial charge in [0.2, 0.25) is 0 Å². The number of hydrogen-bond acceptors (Lipinski definition) is 5. The van der Waals surface area contributed by atoms with Gasteiger partial charge in [0, 0.05) is 16.5 Å². The number of aromatic nitrogens is 1. The van der Waals surface area contributed by atoms with E-state index in [1.54, 1.807) is 12.1 Å². The van der Waals surface area contributed by atoms with Crippen molar-refractivity contribution in [3.63, 3.8) is 0 Å². The minimum atomic E-state index is -0.372. The molecule has 0 aliphatic rings. The number of hydrogen-bond donors (Lipinski definition) is 2. The van der Waals surface area contributed by atoms with Crippen molar-refractivity contribution in [3.05, 3.63) is 76.6 Å². The standard InChI is InChI=1S/C22H16ClN3O2S2/c1-28-19-9-8-16(11-17(19)23)20(27)25-21(29)26-22-24-18(12-30-22)15-7-6-13-4-2-3-5-14(13)10-15/h2-12H,1H3,(H2,24,25,26,27,29). The number of methoxy groups -OCH3 is 1. The molecule has 3 aromatic carbocycles. The Bertz CT molecular complexity index is 1260. The van der Waals surface area contributed by atoms with E-state index in [1.165, 1.54) is 29.9 Å². The van der Waals surface area contributed by atoms with Gasteiger partial charge in [-0.3, -0.25) is 10.1 Å². The third-order valence-electron chi connectivity index (χ3n) is 4.41. The number of rotatable bonds is 4. The minimum Gasteiger partial charge on any atom is -0.495 e. The Morgan fingerprint density at radius 2 is 1.90 bits per heavy atom. The van der Waals surface area contributed by atoms with E-state index in [-0.39, 0.29) is 11.0 Å². The number of carbonyl (C=O) groups excluding carboxylic acids is 1. The van der Waals surface area contributed by atoms with Gasteiger partial charge in [0.15, 0.2) is 10.2 Å². The van der Waals surface area contributed by atoms with Crippen molar-refractivity contribution >= 4 is 62.1 Å². The lowest BCUT2D eigenvalue weighted by molar-refractivity contribution is 0.0977. The van der Waals surface area contributed by atoms with Gasteiger partial charge in [-0.1, -0.05) is 48.0 Å². The van der Waals surface area contributed by atoms with Crippen LogP contribution in [0.1, 0.15) is 10.4 Å². The first-order valence-electron chi connectivity index (χ1n) is 8.94. The number of nitrogens with one attached hydrogen (secondary N) is 2. The van der Waals surface area contributed by atoms with Crippen LogP contribution in [-0.4, -0.2) is 23.1 Å². The van der Waals surface area contributed by atoms with Gasteiger partial charge in [0.1, 0.15) is 5.75 Å². The summed E-state index contributed by atoms with van der Waals surface area (Å²) in [7, 11) is 1.51. The van der Waals surface area contributed by atoms with Gasteiger partial charge < -0.3 is 10.1 Å². The molecule has 4 rings (SSSR count). The summed E-state index contributed by atoms with van der Waals surface area (Å²) in [5.74, 6) is 0.126. The second-order valence-electron chi connectivity index (χ2n) is 6.36. The Hall–Kier alpha value is -3.00. The largest absolute Gasteiger partial charge is 0.495 e. The number of halogens is 1. The smallest absolute Gasteiger partial charge is 0.257 e. The summed E-state index contributed by atoms with van der Waals surface area (Å²) >= 11 is 12.7. The first kappa shape index (κ1) is 20.3. The zero-order valence-corrected chi connectivity index (χ0v) is 18.2. The van der Waals surface area contributed by atoms with Crippen LogP contribution in [0.15, 0.2) is 66.0 Å². The molecule has 0 unspecified atom stereocenters. The van der Waals surface area contributed by atoms with Gasteiger partial charge in [-0.15, -0.1) is 11.3 Å². The molecule has 0 spiro atoms. The Kier molecular flexibility index (Phi) is 5.94. The fraction of sp³-hybridized carbons (Fsp3) is 0.0455. The maximum Gasteiger partial charge on any atom is 0.257 e. The molecule has 0 aliphatic carbocycles. The van der Waals surface area contributed by atoms with E-state index >= 15 is 0 Å². The molecule has 0 aliphatic heterocycles. The zero-order valence-electron chi connectivity index (χ0n) is 15.8. The number of carbonyl (C=O) groups is 1. The second kappa shape index (κ2) is 8.79. The quantitative estimate of drug-likeness (QED) is 0.385. The summed E-state index contributed by atoms with van der Waals surface area (Å²) in [4.78, 5) is 17.0. The van der Waals surface area contributed by atoms with Gasteiger partial charge in [-0.25, -0.2) is 4.98 Å². The molecule has 2 N–H and O–H groups in total. The number of fused-ring (bicyclic) bond motifs is 1. The molecular weight excluding hydrogens is 438 g/mol. The lowest BCUT2D eigenvalue weighted by Crippen LogP contribution is -2.34. The predicted molar refractivity (Wildman–Crippen MR) is 127 cm³/mol. The number of thiocarbonyl (C=S) groups is 1. The van der Waals surface area contributed by atoms with Crippen molar-refractivity contribution < 1.29 is 9.53 Å². The van der Waals surface area contributed by atoms with Crippen molar-refractivity contribution in [1.82, 2.24) is 10.3 Å². The topological polar surface area (TPSA) is 63.2 Å². The van der Waals surface area contributed by atoms with Crippen LogP contribution < -0.4 is 15.4 Å². The van der Waals surface area contributed by atoms with Crippen LogP contribution in [0.25, 0.3) is 22.0 Å². The lowest BCUT2D eigenvalue weighted by atomic mass is 10.1. The predicted octanol–water partition coefficient (Wildman–Crippen LogP) is 5.75. The molecule has 0 radical (unpaired) electrons. The first-order valence-corrected chi connectivity index (χ1v) is 10.6. The fourth-order valence-electron chi connectivity index (χ4n) is 2.92. The molecule has 1 heterocycles. The summed E-state index contributed by atoms with van der Waals surface area (Å²) in [6.45, 7) is 0. The minimum absolute atomic E-state index is 0.159. The summed E-state index contributed by atoms with van der Waals surface area (Å²) in [6.07, 6.45) is 0. The maximum absolute atomic E-state index is 12.4. The van der Waals surface area contributed by atoms with E-state index in [9.17, 15) is 4.79 Å². The second-order valence-corrected chi connectivity index (χ2v) is 8.03. The molecule has 1 amide bonds. The number of nitrogens with zero attached hydrogens (tertiary/aromatic N) is 1. The molecule has 5 nitrogen and oxygen atoms in total. The van der Waals surface area contributed by atoms with Gasteiger partial charge in [0.25, 0.3) is 5.91 Å². The molecule has 4 aromatic rings. The molecule has 0 fully saturated rings. The van der Waals surface area contributed by atoms with Crippen LogP contribution in [-0.2, 0) is 0 Å². The van der Waals surface area contributed by atoms with E-state index in [0.29, 0.717) is 21.5 Å². The number of thiazole rings is 1. The molecular formula is C22H16ClN3O2S2. The number of benzene rings is 3. The number of anilines is 1. The molecule has 30 heavy (non-hydrogen) atoms. The number of ether oxygens (including phenoxy) is 1. The van der Waals surface area contributed by atoms with E-state index in [2.05, 4.69) is 39.9 Å². The highest BCUT2D eigenvalue weighted by Gasteiger charge is 2.12. The van der Waals surface area contributed by atoms with Crippen LogP contribution in [0.3, 0.4) is 0 Å². The highest BCUT2D eigenvalue weighted by atomic mass is 35.5. The average Bonchev–Trinajstić information content (AvgIpc) is 3.21.